The number of thiophene rings is 1. The van der Waals surface area contributed by atoms with Gasteiger partial charge in [-0.1, -0.05) is 6.92 Å². The fourth-order valence-electron chi connectivity index (χ4n) is 1.61. The number of benzene rings is 1. The van der Waals surface area contributed by atoms with Gasteiger partial charge in [-0.25, -0.2) is 0 Å². The van der Waals surface area contributed by atoms with E-state index in [9.17, 15) is 5.11 Å². The Morgan fingerprint density at radius 2 is 2.29 bits per heavy atom. The first-order valence-electron chi connectivity index (χ1n) is 4.54. The zero-order chi connectivity index (χ0) is 10.1. The molecule has 0 saturated heterocycles. The van der Waals surface area contributed by atoms with Crippen LogP contribution in [0.2, 0.25) is 0 Å². The second-order valence-electron chi connectivity index (χ2n) is 3.10. The third-order valence-corrected chi connectivity index (χ3v) is 3.29. The number of phenolic OH excluding ortho intramolecular Hbond substituents is 1. The average Bonchev–Trinajstić information content (AvgIpc) is 2.68. The molecule has 1 heterocycles. The Bertz CT molecular complexity index is 460. The summed E-state index contributed by atoms with van der Waals surface area (Å²) in [5.74, 6) is 0.825. The minimum absolute atomic E-state index is 0.259. The molecule has 2 nitrogen and oxygen atoms in total. The molecule has 0 aliphatic rings. The maximum atomic E-state index is 9.84. The third-order valence-electron chi connectivity index (χ3n) is 2.37. The molecule has 0 radical (unpaired) electrons. The van der Waals surface area contributed by atoms with Crippen molar-refractivity contribution >= 4 is 21.4 Å². The van der Waals surface area contributed by atoms with E-state index in [1.165, 1.54) is 5.56 Å². The summed E-state index contributed by atoms with van der Waals surface area (Å²) in [4.78, 5) is 0. The van der Waals surface area contributed by atoms with Gasteiger partial charge in [-0.15, -0.1) is 11.3 Å². The Hall–Kier alpha value is -1.22. The lowest BCUT2D eigenvalue weighted by Crippen LogP contribution is -1.87. The minimum Gasteiger partial charge on any atom is -0.503 e. The van der Waals surface area contributed by atoms with Crippen molar-refractivity contribution in [2.24, 2.45) is 0 Å². The van der Waals surface area contributed by atoms with Crippen LogP contribution < -0.4 is 4.74 Å². The Kier molecular flexibility index (Phi) is 2.33. The first-order chi connectivity index (χ1) is 6.77. The monoisotopic (exact) mass is 208 g/mol. The van der Waals surface area contributed by atoms with Crippen LogP contribution in [0.15, 0.2) is 17.5 Å². The van der Waals surface area contributed by atoms with Gasteiger partial charge in [0.2, 0.25) is 0 Å². The van der Waals surface area contributed by atoms with Gasteiger partial charge < -0.3 is 9.84 Å². The highest BCUT2D eigenvalue weighted by Crippen LogP contribution is 2.40. The second kappa shape index (κ2) is 3.50. The molecule has 0 amide bonds. The first-order valence-corrected chi connectivity index (χ1v) is 5.42. The van der Waals surface area contributed by atoms with Crippen LogP contribution in [0.1, 0.15) is 12.5 Å². The summed E-state index contributed by atoms with van der Waals surface area (Å²) in [6.07, 6.45) is 0.948. The number of methoxy groups -OCH3 is 1. The Morgan fingerprint density at radius 1 is 1.50 bits per heavy atom. The van der Waals surface area contributed by atoms with E-state index in [2.05, 4.69) is 6.92 Å². The Morgan fingerprint density at radius 3 is 2.93 bits per heavy atom. The molecule has 0 aliphatic carbocycles. The van der Waals surface area contributed by atoms with E-state index in [0.29, 0.717) is 5.75 Å². The van der Waals surface area contributed by atoms with Crippen LogP contribution in [0, 0.1) is 0 Å². The summed E-state index contributed by atoms with van der Waals surface area (Å²) in [7, 11) is 1.58. The number of hydrogen-bond donors (Lipinski definition) is 1. The summed E-state index contributed by atoms with van der Waals surface area (Å²) < 4.78 is 6.04. The summed E-state index contributed by atoms with van der Waals surface area (Å²) in [5.41, 5.74) is 1.22. The van der Waals surface area contributed by atoms with Crippen LogP contribution in [0.4, 0.5) is 0 Å². The number of fused-ring (bicyclic) bond motifs is 1. The molecule has 0 spiro atoms. The van der Waals surface area contributed by atoms with E-state index in [1.807, 2.05) is 17.5 Å². The van der Waals surface area contributed by atoms with Crippen LogP contribution in [0.25, 0.3) is 10.1 Å². The molecule has 2 aromatic rings. The van der Waals surface area contributed by atoms with Crippen molar-refractivity contribution in [2.45, 2.75) is 13.3 Å². The standard InChI is InChI=1S/C11H12O2S/c1-3-7-6-9(13-2)10(12)11-8(7)4-5-14-11/h4-6,12H,3H2,1-2H3. The molecule has 1 N–H and O–H groups in total. The van der Waals surface area contributed by atoms with Crippen LogP contribution in [0.5, 0.6) is 11.5 Å². The Balaban J connectivity index is 2.80. The van der Waals surface area contributed by atoms with Gasteiger partial charge in [0.1, 0.15) is 0 Å². The van der Waals surface area contributed by atoms with Crippen molar-refractivity contribution in [1.82, 2.24) is 0 Å². The molecule has 0 atom stereocenters. The highest BCUT2D eigenvalue weighted by atomic mass is 32.1. The zero-order valence-corrected chi connectivity index (χ0v) is 9.02. The van der Waals surface area contributed by atoms with E-state index < -0.39 is 0 Å². The average molecular weight is 208 g/mol. The van der Waals surface area contributed by atoms with Gasteiger partial charge in [0.15, 0.2) is 11.5 Å². The fraction of sp³-hybridized carbons (Fsp3) is 0.273. The Labute approximate surface area is 86.8 Å². The first kappa shape index (κ1) is 9.34. The topological polar surface area (TPSA) is 29.5 Å². The number of aryl methyl sites for hydroxylation is 1. The van der Waals surface area contributed by atoms with Gasteiger partial charge in [-0.3, -0.25) is 0 Å². The molecule has 74 valence electrons. The SMILES string of the molecule is CCc1cc(OC)c(O)c2sccc12. The molecule has 1 aromatic carbocycles. The van der Waals surface area contributed by atoms with Crippen LogP contribution in [-0.4, -0.2) is 12.2 Å². The van der Waals surface area contributed by atoms with Crippen molar-refractivity contribution in [1.29, 1.82) is 0 Å². The third kappa shape index (κ3) is 1.24. The molecule has 0 aliphatic heterocycles. The summed E-state index contributed by atoms with van der Waals surface area (Å²) in [5, 5.41) is 13.0. The molecular weight excluding hydrogens is 196 g/mol. The lowest BCUT2D eigenvalue weighted by molar-refractivity contribution is 0.376. The second-order valence-corrected chi connectivity index (χ2v) is 4.02. The number of aromatic hydroxyl groups is 1. The van der Waals surface area contributed by atoms with Crippen molar-refractivity contribution in [3.05, 3.63) is 23.1 Å². The molecule has 2 rings (SSSR count). The summed E-state index contributed by atoms with van der Waals surface area (Å²) in [6.45, 7) is 2.10. The minimum atomic E-state index is 0.259. The predicted octanol–water partition coefficient (Wildman–Crippen LogP) is 3.18. The molecule has 3 heteroatoms. The maximum absolute atomic E-state index is 9.84. The number of ether oxygens (including phenoxy) is 1. The normalized spacial score (nSPS) is 10.7. The number of rotatable bonds is 2. The van der Waals surface area contributed by atoms with Crippen molar-refractivity contribution < 1.29 is 9.84 Å². The van der Waals surface area contributed by atoms with E-state index in [1.54, 1.807) is 18.4 Å². The lowest BCUT2D eigenvalue weighted by Gasteiger charge is -2.07. The van der Waals surface area contributed by atoms with Crippen molar-refractivity contribution in [2.75, 3.05) is 7.11 Å². The number of hydrogen-bond acceptors (Lipinski definition) is 3. The van der Waals surface area contributed by atoms with Crippen molar-refractivity contribution in [3.8, 4) is 11.5 Å². The van der Waals surface area contributed by atoms with E-state index in [0.717, 1.165) is 16.5 Å². The highest BCUT2D eigenvalue weighted by molar-refractivity contribution is 7.17. The molecule has 14 heavy (non-hydrogen) atoms. The molecule has 1 aromatic heterocycles. The number of phenols is 1. The van der Waals surface area contributed by atoms with E-state index >= 15 is 0 Å². The lowest BCUT2D eigenvalue weighted by atomic mass is 10.1. The van der Waals surface area contributed by atoms with Gasteiger partial charge in [0.05, 0.1) is 11.8 Å². The predicted molar refractivity (Wildman–Crippen MR) is 59.4 cm³/mol. The van der Waals surface area contributed by atoms with Gasteiger partial charge in [0.25, 0.3) is 0 Å². The van der Waals surface area contributed by atoms with Crippen LogP contribution >= 0.6 is 11.3 Å². The molecule has 0 fully saturated rings. The van der Waals surface area contributed by atoms with Gasteiger partial charge in [-0.2, -0.15) is 0 Å². The van der Waals surface area contributed by atoms with Gasteiger partial charge in [-0.05, 0) is 34.9 Å². The largest absolute Gasteiger partial charge is 0.503 e. The molecule has 0 bridgehead atoms. The molecular formula is C11H12O2S. The van der Waals surface area contributed by atoms with E-state index in [4.69, 9.17) is 4.74 Å². The maximum Gasteiger partial charge on any atom is 0.175 e. The van der Waals surface area contributed by atoms with Crippen LogP contribution in [0.3, 0.4) is 0 Å². The van der Waals surface area contributed by atoms with Gasteiger partial charge in [0, 0.05) is 0 Å². The highest BCUT2D eigenvalue weighted by Gasteiger charge is 2.11. The zero-order valence-electron chi connectivity index (χ0n) is 8.20. The quantitative estimate of drug-likeness (QED) is 0.821. The van der Waals surface area contributed by atoms with Gasteiger partial charge >= 0.3 is 0 Å². The summed E-state index contributed by atoms with van der Waals surface area (Å²) >= 11 is 1.54. The van der Waals surface area contributed by atoms with Crippen LogP contribution in [-0.2, 0) is 6.42 Å². The molecule has 0 saturated carbocycles. The summed E-state index contributed by atoms with van der Waals surface area (Å²) in [6, 6.07) is 3.95. The van der Waals surface area contributed by atoms with Crippen molar-refractivity contribution in [3.63, 3.8) is 0 Å². The van der Waals surface area contributed by atoms with E-state index in [-0.39, 0.29) is 5.75 Å². The smallest absolute Gasteiger partial charge is 0.175 e. The molecule has 0 unspecified atom stereocenters. The fourth-order valence-corrected chi connectivity index (χ4v) is 2.49.